The molecule has 0 aliphatic heterocycles. The Hall–Kier alpha value is -0.500. The van der Waals surface area contributed by atoms with Crippen LogP contribution in [0.3, 0.4) is 0 Å². The van der Waals surface area contributed by atoms with Gasteiger partial charge in [-0.1, -0.05) is 13.8 Å². The van der Waals surface area contributed by atoms with Crippen LogP contribution in [0.5, 0.6) is 0 Å². The van der Waals surface area contributed by atoms with E-state index in [0.717, 1.165) is 13.1 Å². The van der Waals surface area contributed by atoms with Crippen molar-refractivity contribution < 1.29 is 24.3 Å². The number of nitrogens with two attached hydrogens (primary N) is 2. The van der Waals surface area contributed by atoms with Crippen molar-refractivity contribution >= 4 is 13.6 Å². The summed E-state index contributed by atoms with van der Waals surface area (Å²) in [7, 11) is -4.10. The van der Waals surface area contributed by atoms with Crippen LogP contribution in [0.1, 0.15) is 13.8 Å². The van der Waals surface area contributed by atoms with Gasteiger partial charge in [-0.3, -0.25) is 14.7 Å². The van der Waals surface area contributed by atoms with E-state index < -0.39 is 26.4 Å². The highest BCUT2D eigenvalue weighted by molar-refractivity contribution is 7.51. The third kappa shape index (κ3) is 49.9. The second kappa shape index (κ2) is 14.5. The molecule has 0 fully saturated rings. The first-order chi connectivity index (χ1) is 7.24. The van der Waals surface area contributed by atoms with Crippen LogP contribution >= 0.6 is 7.60 Å². The smallest absolute Gasteiger partial charge is 0.339 e. The lowest BCUT2D eigenvalue weighted by Crippen LogP contribution is -2.23. The van der Waals surface area contributed by atoms with Gasteiger partial charge in [0.2, 0.25) is 0 Å². The highest BCUT2D eigenvalue weighted by Gasteiger charge is 2.11. The van der Waals surface area contributed by atoms with E-state index in [9.17, 15) is 9.36 Å². The van der Waals surface area contributed by atoms with E-state index in [1.165, 1.54) is 0 Å². The van der Waals surface area contributed by atoms with Crippen LogP contribution in [0.15, 0.2) is 0 Å². The van der Waals surface area contributed by atoms with Crippen LogP contribution in [0.2, 0.25) is 0 Å². The standard InChI is InChI=1S/C3H8NO5P.2C2H7N/c5-3(6)1-4-2-10(7,8)9;2*1-2-3/h4H,1-2H2,(H,5,6)(H2,7,8,9);2*2-3H2,1H3. The van der Waals surface area contributed by atoms with Gasteiger partial charge in [0.1, 0.15) is 0 Å². The van der Waals surface area contributed by atoms with Crippen molar-refractivity contribution in [3.05, 3.63) is 0 Å². The molecule has 0 spiro atoms. The normalized spacial score (nSPS) is 9.38. The Morgan fingerprint density at radius 3 is 1.75 bits per heavy atom. The zero-order chi connectivity index (χ0) is 13.6. The molecule has 16 heavy (non-hydrogen) atoms. The summed E-state index contributed by atoms with van der Waals surface area (Å²) in [4.78, 5) is 26.1. The number of carboxylic acids is 1. The van der Waals surface area contributed by atoms with E-state index in [1.807, 2.05) is 13.8 Å². The average molecular weight is 259 g/mol. The Bertz CT molecular complexity index is 194. The molecule has 0 heterocycles. The molecule has 0 aromatic rings. The minimum absolute atomic E-state index is 0.439. The van der Waals surface area contributed by atoms with Gasteiger partial charge in [0, 0.05) is 0 Å². The minimum atomic E-state index is -4.10. The van der Waals surface area contributed by atoms with Crippen LogP contribution in [-0.4, -0.2) is 46.8 Å². The predicted octanol–water partition coefficient (Wildman–Crippen LogP) is -1.27. The maximum atomic E-state index is 10.1. The minimum Gasteiger partial charge on any atom is -0.480 e. The summed E-state index contributed by atoms with van der Waals surface area (Å²) >= 11 is 0. The summed E-state index contributed by atoms with van der Waals surface area (Å²) in [5.41, 5.74) is 9.69. The van der Waals surface area contributed by atoms with Gasteiger partial charge >= 0.3 is 13.6 Å². The third-order valence-corrected chi connectivity index (χ3v) is 1.23. The lowest BCUT2D eigenvalue weighted by atomic mass is 10.7. The van der Waals surface area contributed by atoms with Crippen molar-refractivity contribution in [3.63, 3.8) is 0 Å². The van der Waals surface area contributed by atoms with E-state index in [1.54, 1.807) is 0 Å². The van der Waals surface area contributed by atoms with Crippen LogP contribution in [0.25, 0.3) is 0 Å². The fraction of sp³-hybridized carbons (Fsp3) is 0.857. The molecule has 9 heteroatoms. The van der Waals surface area contributed by atoms with Gasteiger partial charge < -0.3 is 26.4 Å². The molecule has 8 nitrogen and oxygen atoms in total. The average Bonchev–Trinajstić information content (AvgIpc) is 2.03. The van der Waals surface area contributed by atoms with E-state index in [0.29, 0.717) is 0 Å². The van der Waals surface area contributed by atoms with Crippen molar-refractivity contribution in [2.24, 2.45) is 11.5 Å². The third-order valence-electron chi connectivity index (χ3n) is 0.594. The Morgan fingerprint density at radius 2 is 1.56 bits per heavy atom. The zero-order valence-electron chi connectivity index (χ0n) is 9.59. The van der Waals surface area contributed by atoms with Gasteiger partial charge in [0.15, 0.2) is 0 Å². The number of carbonyl (C=O) groups is 1. The van der Waals surface area contributed by atoms with Crippen molar-refractivity contribution in [2.75, 3.05) is 25.9 Å². The van der Waals surface area contributed by atoms with Crippen LogP contribution in [0, 0.1) is 0 Å². The molecule has 0 radical (unpaired) electrons. The monoisotopic (exact) mass is 259 g/mol. The molecule has 0 rings (SSSR count). The van der Waals surface area contributed by atoms with Crippen LogP contribution < -0.4 is 16.8 Å². The Morgan fingerprint density at radius 1 is 1.25 bits per heavy atom. The lowest BCUT2D eigenvalue weighted by Gasteiger charge is -2.02. The fourth-order valence-corrected chi connectivity index (χ4v) is 0.712. The molecule has 0 amide bonds. The van der Waals surface area contributed by atoms with E-state index >= 15 is 0 Å². The van der Waals surface area contributed by atoms with E-state index in [4.69, 9.17) is 26.4 Å². The maximum Gasteiger partial charge on any atom is 0.339 e. The molecule has 0 aliphatic rings. The highest BCUT2D eigenvalue weighted by atomic mass is 31.2. The first kappa shape index (κ1) is 20.9. The summed E-state index contributed by atoms with van der Waals surface area (Å²) in [6.45, 7) is 4.87. The predicted molar refractivity (Wildman–Crippen MR) is 62.0 cm³/mol. The quantitative estimate of drug-likeness (QED) is 0.341. The van der Waals surface area contributed by atoms with Crippen molar-refractivity contribution in [1.82, 2.24) is 5.32 Å². The number of aliphatic carboxylic acids is 1. The van der Waals surface area contributed by atoms with Gasteiger partial charge in [-0.05, 0) is 13.1 Å². The molecule has 100 valence electrons. The summed E-state index contributed by atoms with van der Waals surface area (Å²) in [5.74, 6) is -1.14. The molecule has 0 unspecified atom stereocenters. The summed E-state index contributed by atoms with van der Waals surface area (Å²) in [6.07, 6.45) is -0.598. The topological polar surface area (TPSA) is 159 Å². The largest absolute Gasteiger partial charge is 0.480 e. The molecular formula is C7H22N3O5P. The first-order valence-electron chi connectivity index (χ1n) is 4.62. The first-order valence-corrected chi connectivity index (χ1v) is 6.42. The van der Waals surface area contributed by atoms with Gasteiger partial charge in [-0.15, -0.1) is 0 Å². The highest BCUT2D eigenvalue weighted by Crippen LogP contribution is 2.31. The van der Waals surface area contributed by atoms with Gasteiger partial charge in [-0.25, -0.2) is 0 Å². The number of rotatable bonds is 4. The SMILES string of the molecule is CCN.CCN.O=C(O)CNCP(=O)(O)O. The Balaban J connectivity index is -0.000000235. The second-order valence-corrected chi connectivity index (χ2v) is 4.11. The number of carboxylic acid groups (broad SMARTS) is 1. The molecule has 0 atom stereocenters. The zero-order valence-corrected chi connectivity index (χ0v) is 10.5. The van der Waals surface area contributed by atoms with Gasteiger partial charge in [0.25, 0.3) is 0 Å². The Labute approximate surface area is 95.2 Å². The van der Waals surface area contributed by atoms with E-state index in [2.05, 4.69) is 5.32 Å². The lowest BCUT2D eigenvalue weighted by molar-refractivity contribution is -0.135. The molecule has 0 aliphatic carbocycles. The number of nitrogens with one attached hydrogen (secondary N) is 1. The summed E-state index contributed by atoms with van der Waals surface area (Å²) in [6, 6.07) is 0. The molecule has 0 aromatic carbocycles. The summed E-state index contributed by atoms with van der Waals surface area (Å²) < 4.78 is 10.1. The van der Waals surface area contributed by atoms with Crippen LogP contribution in [-0.2, 0) is 9.36 Å². The molecular weight excluding hydrogens is 237 g/mol. The van der Waals surface area contributed by atoms with Crippen molar-refractivity contribution in [1.29, 1.82) is 0 Å². The fourth-order valence-electron chi connectivity index (χ4n) is 0.308. The van der Waals surface area contributed by atoms with Crippen molar-refractivity contribution in [3.8, 4) is 0 Å². The van der Waals surface area contributed by atoms with Crippen LogP contribution in [0.4, 0.5) is 0 Å². The summed E-state index contributed by atoms with van der Waals surface area (Å²) in [5, 5.41) is 10.1. The Kier molecular flexibility index (Phi) is 18.9. The van der Waals surface area contributed by atoms with Crippen molar-refractivity contribution in [2.45, 2.75) is 13.8 Å². The van der Waals surface area contributed by atoms with E-state index in [-0.39, 0.29) is 0 Å². The molecule has 0 aromatic heterocycles. The molecule has 0 saturated heterocycles. The number of hydrogen-bond donors (Lipinski definition) is 6. The number of hydrogen-bond acceptors (Lipinski definition) is 5. The van der Waals surface area contributed by atoms with Gasteiger partial charge in [-0.2, -0.15) is 0 Å². The molecule has 0 saturated carbocycles. The maximum absolute atomic E-state index is 10.1. The van der Waals surface area contributed by atoms with Gasteiger partial charge in [0.05, 0.1) is 12.8 Å². The second-order valence-electron chi connectivity index (χ2n) is 2.46. The molecule has 0 bridgehead atoms. The molecule has 8 N–H and O–H groups in total.